The summed E-state index contributed by atoms with van der Waals surface area (Å²) in [5, 5.41) is 6.18. The molecule has 3 aliphatic rings. The van der Waals surface area contributed by atoms with Gasteiger partial charge in [-0.3, -0.25) is 29.4 Å². The SMILES string of the molecule is Cc1cc(Cl)c2c(c1)C1(NC(CC(N)=O)[C@H]3C(=O)N(Cc4ccc(F)cc4)C(=O)[C@H]31)C(=O)N2. The zero-order valence-electron chi connectivity index (χ0n) is 17.5. The summed E-state index contributed by atoms with van der Waals surface area (Å²) >= 11 is 6.37. The minimum absolute atomic E-state index is 0.0760. The molecule has 8 nitrogen and oxygen atoms in total. The first-order chi connectivity index (χ1) is 15.6. The number of hydrogen-bond donors (Lipinski definition) is 3. The molecule has 2 unspecified atom stereocenters. The van der Waals surface area contributed by atoms with Crippen molar-refractivity contribution in [2.24, 2.45) is 17.6 Å². The number of hydrogen-bond acceptors (Lipinski definition) is 5. The van der Waals surface area contributed by atoms with Gasteiger partial charge in [-0.1, -0.05) is 29.8 Å². The van der Waals surface area contributed by atoms with Crippen molar-refractivity contribution in [3.8, 4) is 0 Å². The van der Waals surface area contributed by atoms with E-state index in [-0.39, 0.29) is 13.0 Å². The van der Waals surface area contributed by atoms with Gasteiger partial charge in [-0.05, 0) is 36.2 Å². The molecular formula is C23H20ClFN4O4. The lowest BCUT2D eigenvalue weighted by Gasteiger charge is -2.29. The van der Waals surface area contributed by atoms with Crippen LogP contribution in [0.2, 0.25) is 5.02 Å². The van der Waals surface area contributed by atoms with Crippen molar-refractivity contribution in [2.45, 2.75) is 31.5 Å². The number of benzene rings is 2. The van der Waals surface area contributed by atoms with Gasteiger partial charge in [0.2, 0.25) is 23.6 Å². The van der Waals surface area contributed by atoms with E-state index in [1.165, 1.54) is 24.3 Å². The molecule has 0 aliphatic carbocycles. The normalized spacial score (nSPS) is 27.8. The molecule has 2 aromatic carbocycles. The summed E-state index contributed by atoms with van der Waals surface area (Å²) in [5.41, 5.74) is 6.02. The number of nitrogens with zero attached hydrogens (tertiary/aromatic N) is 1. The maximum absolute atomic E-state index is 13.6. The second-order valence-corrected chi connectivity index (χ2v) is 9.15. The average Bonchev–Trinajstić information content (AvgIpc) is 3.31. The van der Waals surface area contributed by atoms with Gasteiger partial charge in [-0.2, -0.15) is 0 Å². The number of carbonyl (C=O) groups excluding carboxylic acids is 4. The molecule has 4 N–H and O–H groups in total. The number of fused-ring (bicyclic) bond motifs is 4. The van der Waals surface area contributed by atoms with E-state index in [1.54, 1.807) is 19.1 Å². The summed E-state index contributed by atoms with van der Waals surface area (Å²) in [4.78, 5) is 53.3. The number of imide groups is 1. The topological polar surface area (TPSA) is 122 Å². The van der Waals surface area contributed by atoms with Gasteiger partial charge in [-0.15, -0.1) is 0 Å². The molecular weight excluding hydrogens is 451 g/mol. The first-order valence-corrected chi connectivity index (χ1v) is 10.8. The van der Waals surface area contributed by atoms with Gasteiger partial charge in [-0.25, -0.2) is 4.39 Å². The van der Waals surface area contributed by atoms with Crippen LogP contribution in [-0.2, 0) is 31.3 Å². The Bertz CT molecular complexity index is 1230. The van der Waals surface area contributed by atoms with E-state index < -0.39 is 52.9 Å². The molecule has 4 atom stereocenters. The molecule has 4 amide bonds. The molecule has 2 aromatic rings. The fourth-order valence-electron chi connectivity index (χ4n) is 5.37. The minimum atomic E-state index is -1.57. The highest BCUT2D eigenvalue weighted by molar-refractivity contribution is 6.35. The molecule has 2 fully saturated rings. The molecule has 10 heteroatoms. The Hall–Kier alpha value is -3.30. The number of likely N-dealkylation sites (tertiary alicyclic amines) is 1. The number of nitrogens with two attached hydrogens (primary N) is 1. The Kier molecular flexibility index (Phi) is 4.80. The van der Waals surface area contributed by atoms with E-state index in [0.717, 1.165) is 10.5 Å². The van der Waals surface area contributed by atoms with Crippen molar-refractivity contribution in [1.82, 2.24) is 10.2 Å². The van der Waals surface area contributed by atoms with Crippen LogP contribution in [0.4, 0.5) is 10.1 Å². The van der Waals surface area contributed by atoms with Crippen LogP contribution in [-0.4, -0.2) is 34.6 Å². The molecule has 0 bridgehead atoms. The Morgan fingerprint density at radius 1 is 1.18 bits per heavy atom. The predicted octanol–water partition coefficient (Wildman–Crippen LogP) is 1.58. The van der Waals surface area contributed by atoms with Gasteiger partial charge in [0, 0.05) is 18.0 Å². The first kappa shape index (κ1) is 21.5. The van der Waals surface area contributed by atoms with Crippen LogP contribution in [0.5, 0.6) is 0 Å². The van der Waals surface area contributed by atoms with Crippen LogP contribution in [0.25, 0.3) is 0 Å². The number of halogens is 2. The second kappa shape index (κ2) is 7.36. The summed E-state index contributed by atoms with van der Waals surface area (Å²) in [6, 6.07) is 8.07. The molecule has 0 aromatic heterocycles. The van der Waals surface area contributed by atoms with Gasteiger partial charge in [0.15, 0.2) is 0 Å². The van der Waals surface area contributed by atoms with Crippen LogP contribution >= 0.6 is 11.6 Å². The van der Waals surface area contributed by atoms with E-state index in [9.17, 15) is 23.6 Å². The van der Waals surface area contributed by atoms with E-state index >= 15 is 0 Å². The highest BCUT2D eigenvalue weighted by atomic mass is 35.5. The molecule has 0 radical (unpaired) electrons. The monoisotopic (exact) mass is 470 g/mol. The fraction of sp³-hybridized carbons (Fsp3) is 0.304. The zero-order chi connectivity index (χ0) is 23.7. The van der Waals surface area contributed by atoms with Crippen LogP contribution in [0.3, 0.4) is 0 Å². The number of primary amides is 1. The maximum atomic E-state index is 13.6. The molecule has 0 saturated carbocycles. The molecule has 2 saturated heterocycles. The van der Waals surface area contributed by atoms with Crippen molar-refractivity contribution in [2.75, 3.05) is 5.32 Å². The number of amides is 4. The van der Waals surface area contributed by atoms with Crippen molar-refractivity contribution < 1.29 is 23.6 Å². The van der Waals surface area contributed by atoms with Gasteiger partial charge in [0.1, 0.15) is 11.4 Å². The van der Waals surface area contributed by atoms with Crippen LogP contribution < -0.4 is 16.4 Å². The smallest absolute Gasteiger partial charge is 0.250 e. The lowest BCUT2D eigenvalue weighted by atomic mass is 9.76. The summed E-state index contributed by atoms with van der Waals surface area (Å²) in [6.45, 7) is 1.73. The first-order valence-electron chi connectivity index (χ1n) is 10.4. The number of aryl methyl sites for hydroxylation is 1. The van der Waals surface area contributed by atoms with Crippen LogP contribution in [0.15, 0.2) is 36.4 Å². The summed E-state index contributed by atoms with van der Waals surface area (Å²) in [5.74, 6) is -4.74. The largest absolute Gasteiger partial charge is 0.370 e. The van der Waals surface area contributed by atoms with E-state index in [0.29, 0.717) is 21.8 Å². The number of carbonyl (C=O) groups is 4. The highest BCUT2D eigenvalue weighted by Gasteiger charge is 2.70. The van der Waals surface area contributed by atoms with Crippen molar-refractivity contribution >= 4 is 40.9 Å². The Labute approximate surface area is 193 Å². The Balaban J connectivity index is 1.62. The van der Waals surface area contributed by atoms with Gasteiger partial charge in [0.25, 0.3) is 0 Å². The van der Waals surface area contributed by atoms with Crippen molar-refractivity contribution in [1.29, 1.82) is 0 Å². The van der Waals surface area contributed by atoms with Gasteiger partial charge < -0.3 is 11.1 Å². The van der Waals surface area contributed by atoms with Crippen molar-refractivity contribution in [3.63, 3.8) is 0 Å². The Morgan fingerprint density at radius 3 is 2.55 bits per heavy atom. The average molecular weight is 471 g/mol. The standard InChI is InChI=1S/C23H20ClFN4O4/c1-10-6-13-19(14(24)7-10)27-22(33)23(13)18-17(15(28-23)8-16(26)30)20(31)29(21(18)32)9-11-2-4-12(25)5-3-11/h2-7,15,17-18,28H,8-9H2,1H3,(H2,26,30)(H,27,33)/t15?,17-,18+,23?/m1/s1. The molecule has 1 spiro atoms. The number of nitrogens with one attached hydrogen (secondary N) is 2. The van der Waals surface area contributed by atoms with E-state index in [1.807, 2.05) is 0 Å². The third-order valence-electron chi connectivity index (χ3n) is 6.69. The lowest BCUT2D eigenvalue weighted by Crippen LogP contribution is -2.53. The number of anilines is 1. The van der Waals surface area contributed by atoms with E-state index in [2.05, 4.69) is 10.6 Å². The van der Waals surface area contributed by atoms with Crippen LogP contribution in [0, 0.1) is 24.6 Å². The highest BCUT2D eigenvalue weighted by Crippen LogP contribution is 2.54. The van der Waals surface area contributed by atoms with Gasteiger partial charge >= 0.3 is 0 Å². The van der Waals surface area contributed by atoms with E-state index in [4.69, 9.17) is 17.3 Å². The molecule has 3 heterocycles. The molecule has 33 heavy (non-hydrogen) atoms. The fourth-order valence-corrected chi connectivity index (χ4v) is 5.69. The quantitative estimate of drug-likeness (QED) is 0.586. The summed E-state index contributed by atoms with van der Waals surface area (Å²) in [7, 11) is 0. The van der Waals surface area contributed by atoms with Crippen LogP contribution in [0.1, 0.15) is 23.1 Å². The minimum Gasteiger partial charge on any atom is -0.370 e. The third kappa shape index (κ3) is 3.07. The van der Waals surface area contributed by atoms with Crippen molar-refractivity contribution in [3.05, 3.63) is 63.9 Å². The third-order valence-corrected chi connectivity index (χ3v) is 6.98. The maximum Gasteiger partial charge on any atom is 0.250 e. The number of rotatable bonds is 4. The molecule has 3 aliphatic heterocycles. The summed E-state index contributed by atoms with van der Waals surface area (Å²) in [6.07, 6.45) is -0.228. The molecule has 5 rings (SSSR count). The second-order valence-electron chi connectivity index (χ2n) is 8.75. The zero-order valence-corrected chi connectivity index (χ0v) is 18.3. The lowest BCUT2D eigenvalue weighted by molar-refractivity contribution is -0.143. The summed E-state index contributed by atoms with van der Waals surface area (Å²) < 4.78 is 13.3. The molecule has 170 valence electrons. The predicted molar refractivity (Wildman–Crippen MR) is 116 cm³/mol. The Morgan fingerprint density at radius 2 is 1.88 bits per heavy atom. The van der Waals surface area contributed by atoms with Gasteiger partial charge in [0.05, 0.1) is 29.1 Å².